The summed E-state index contributed by atoms with van der Waals surface area (Å²) in [5, 5.41) is 3.01. The molecule has 0 bridgehead atoms. The number of hydrogen-bond donors (Lipinski definition) is 3. The zero-order chi connectivity index (χ0) is 15.0. The van der Waals surface area contributed by atoms with Crippen LogP contribution in [-0.4, -0.2) is 36.8 Å². The molecule has 2 heterocycles. The molecule has 8 heteroatoms. The first kappa shape index (κ1) is 16.8. The molecule has 0 fully saturated rings. The van der Waals surface area contributed by atoms with E-state index in [-0.39, 0.29) is 30.4 Å². The van der Waals surface area contributed by atoms with Gasteiger partial charge in [0, 0.05) is 32.1 Å². The van der Waals surface area contributed by atoms with E-state index >= 15 is 0 Å². The molecule has 2 aromatic heterocycles. The number of nitrogen functional groups attached to an aromatic ring is 1. The maximum atomic E-state index is 6.07. The summed E-state index contributed by atoms with van der Waals surface area (Å²) in [4.78, 5) is 8.55. The zero-order valence-corrected chi connectivity index (χ0v) is 13.6. The van der Waals surface area contributed by atoms with Crippen LogP contribution in [0.2, 0.25) is 0 Å². The molecule has 0 radical (unpaired) electrons. The number of anilines is 2. The van der Waals surface area contributed by atoms with Gasteiger partial charge in [-0.15, -0.1) is 12.4 Å². The fourth-order valence-corrected chi connectivity index (χ4v) is 3.12. The number of nitrogens with zero attached hydrogens (tertiary/aromatic N) is 2. The van der Waals surface area contributed by atoms with E-state index in [2.05, 4.69) is 15.3 Å². The molecule has 2 atom stereocenters. The highest BCUT2D eigenvalue weighted by molar-refractivity contribution is 5.88. The molecule has 0 spiro atoms. The second-order valence-electron chi connectivity index (χ2n) is 5.37. The van der Waals surface area contributed by atoms with Gasteiger partial charge >= 0.3 is 0 Å². The Morgan fingerprint density at radius 2 is 2.18 bits per heavy atom. The molecule has 1 aliphatic carbocycles. The van der Waals surface area contributed by atoms with Crippen LogP contribution in [0, 0.1) is 0 Å². The number of rotatable bonds is 4. The second kappa shape index (κ2) is 6.68. The lowest BCUT2D eigenvalue weighted by atomic mass is 9.84. The Morgan fingerprint density at radius 3 is 2.82 bits per heavy atom. The predicted molar refractivity (Wildman–Crippen MR) is 88.5 cm³/mol. The largest absolute Gasteiger partial charge is 0.455 e. The molecule has 0 amide bonds. The first-order valence-corrected chi connectivity index (χ1v) is 7.17. The highest BCUT2D eigenvalue weighted by atomic mass is 35.5. The third-order valence-electron chi connectivity index (χ3n) is 4.11. The summed E-state index contributed by atoms with van der Waals surface area (Å²) in [5.74, 6) is 2.07. The lowest BCUT2D eigenvalue weighted by Gasteiger charge is -2.26. The minimum absolute atomic E-state index is 0. The van der Waals surface area contributed by atoms with Crippen molar-refractivity contribution in [1.29, 1.82) is 0 Å². The highest BCUT2D eigenvalue weighted by Crippen LogP contribution is 2.41. The summed E-state index contributed by atoms with van der Waals surface area (Å²) in [7, 11) is 3.53. The molecule has 0 aliphatic heterocycles. The maximum Gasteiger partial charge on any atom is 0.222 e. The number of methoxy groups -OCH3 is 1. The molecular formula is C14H22ClN5O2. The van der Waals surface area contributed by atoms with Crippen molar-refractivity contribution >= 4 is 35.3 Å². The van der Waals surface area contributed by atoms with E-state index in [1.165, 1.54) is 0 Å². The summed E-state index contributed by atoms with van der Waals surface area (Å²) in [6.45, 7) is 0.615. The molecule has 122 valence electrons. The van der Waals surface area contributed by atoms with Crippen molar-refractivity contribution in [2.75, 3.05) is 31.8 Å². The van der Waals surface area contributed by atoms with E-state index in [1.54, 1.807) is 14.2 Å². The number of nitrogens with one attached hydrogen (secondary N) is 1. The van der Waals surface area contributed by atoms with Gasteiger partial charge in [0.25, 0.3) is 0 Å². The molecule has 22 heavy (non-hydrogen) atoms. The van der Waals surface area contributed by atoms with Gasteiger partial charge in [-0.2, -0.15) is 4.98 Å². The van der Waals surface area contributed by atoms with Crippen molar-refractivity contribution in [2.45, 2.75) is 31.3 Å². The summed E-state index contributed by atoms with van der Waals surface area (Å²) in [6, 6.07) is 0. The summed E-state index contributed by atoms with van der Waals surface area (Å²) in [6.07, 6.45) is 2.71. The van der Waals surface area contributed by atoms with Crippen LogP contribution < -0.4 is 16.8 Å². The minimum Gasteiger partial charge on any atom is -0.455 e. The lowest BCUT2D eigenvalue weighted by molar-refractivity contribution is 0.0788. The van der Waals surface area contributed by atoms with E-state index in [0.29, 0.717) is 17.9 Å². The van der Waals surface area contributed by atoms with Crippen LogP contribution in [0.25, 0.3) is 11.1 Å². The van der Waals surface area contributed by atoms with Gasteiger partial charge in [0.05, 0.1) is 6.10 Å². The van der Waals surface area contributed by atoms with Gasteiger partial charge < -0.3 is 25.9 Å². The van der Waals surface area contributed by atoms with Crippen LogP contribution >= 0.6 is 12.4 Å². The van der Waals surface area contributed by atoms with E-state index in [4.69, 9.17) is 20.6 Å². The van der Waals surface area contributed by atoms with Gasteiger partial charge in [-0.1, -0.05) is 0 Å². The number of ether oxygens (including phenoxy) is 1. The average Bonchev–Trinajstić information content (AvgIpc) is 2.85. The van der Waals surface area contributed by atoms with Gasteiger partial charge in [0.1, 0.15) is 11.3 Å². The van der Waals surface area contributed by atoms with Gasteiger partial charge in [0.15, 0.2) is 11.4 Å². The van der Waals surface area contributed by atoms with Crippen LogP contribution in [0.5, 0.6) is 0 Å². The first-order chi connectivity index (χ1) is 10.2. The van der Waals surface area contributed by atoms with Gasteiger partial charge in [0.2, 0.25) is 5.95 Å². The van der Waals surface area contributed by atoms with Gasteiger partial charge in [-0.3, -0.25) is 0 Å². The molecule has 0 aromatic carbocycles. The molecule has 2 unspecified atom stereocenters. The summed E-state index contributed by atoms with van der Waals surface area (Å²) < 4.78 is 11.6. The van der Waals surface area contributed by atoms with Crippen molar-refractivity contribution in [3.63, 3.8) is 0 Å². The summed E-state index contributed by atoms with van der Waals surface area (Å²) in [5.41, 5.74) is 14.1. The minimum atomic E-state index is 0. The molecule has 0 saturated heterocycles. The quantitative estimate of drug-likeness (QED) is 0.782. The topological polar surface area (TPSA) is 112 Å². The Balaban J connectivity index is 0.00000176. The molecule has 5 N–H and O–H groups in total. The van der Waals surface area contributed by atoms with Gasteiger partial charge in [-0.05, 0) is 19.4 Å². The Hall–Kier alpha value is -1.57. The van der Waals surface area contributed by atoms with Crippen LogP contribution in [0.15, 0.2) is 4.42 Å². The smallest absolute Gasteiger partial charge is 0.222 e. The highest BCUT2D eigenvalue weighted by Gasteiger charge is 2.33. The Morgan fingerprint density at radius 1 is 1.41 bits per heavy atom. The molecular weight excluding hydrogens is 306 g/mol. The van der Waals surface area contributed by atoms with E-state index in [1.807, 2.05) is 0 Å². The number of fused-ring (bicyclic) bond motifs is 3. The first-order valence-electron chi connectivity index (χ1n) is 7.17. The van der Waals surface area contributed by atoms with E-state index in [9.17, 15) is 0 Å². The van der Waals surface area contributed by atoms with Crippen LogP contribution in [0.1, 0.15) is 30.1 Å². The predicted octanol–water partition coefficient (Wildman–Crippen LogP) is 1.66. The number of furan rings is 1. The average molecular weight is 328 g/mol. The number of hydrogen-bond acceptors (Lipinski definition) is 7. The molecule has 7 nitrogen and oxygen atoms in total. The maximum absolute atomic E-state index is 6.07. The third kappa shape index (κ3) is 2.71. The fourth-order valence-electron chi connectivity index (χ4n) is 3.12. The third-order valence-corrected chi connectivity index (χ3v) is 4.11. The Kier molecular flexibility index (Phi) is 5.10. The van der Waals surface area contributed by atoms with Gasteiger partial charge in [-0.25, -0.2) is 4.98 Å². The van der Waals surface area contributed by atoms with Crippen LogP contribution in [0.4, 0.5) is 11.8 Å². The lowest BCUT2D eigenvalue weighted by Crippen LogP contribution is -2.25. The standard InChI is InChI=1S/C14H21N5O2.ClH/c1-17-13-12-10(18-14(16)19-13)9-6-8(20-2)5-7(3-4-15)11(9)21-12;/h7-8H,3-6,15H2,1-2H3,(H3,16,17,18,19);1H. The Labute approximate surface area is 135 Å². The number of halogens is 1. The fraction of sp³-hybridized carbons (Fsp3) is 0.571. The van der Waals surface area contributed by atoms with Crippen molar-refractivity contribution in [3.05, 3.63) is 11.3 Å². The second-order valence-corrected chi connectivity index (χ2v) is 5.37. The van der Waals surface area contributed by atoms with E-state index in [0.717, 1.165) is 36.1 Å². The SMILES string of the molecule is CNc1nc(N)nc2c3c(oc12)C(CCN)CC(OC)C3.Cl. The van der Waals surface area contributed by atoms with Crippen LogP contribution in [-0.2, 0) is 11.2 Å². The molecule has 3 rings (SSSR count). The monoisotopic (exact) mass is 327 g/mol. The van der Waals surface area contributed by atoms with Crippen molar-refractivity contribution in [2.24, 2.45) is 5.73 Å². The molecule has 2 aromatic rings. The van der Waals surface area contributed by atoms with E-state index < -0.39 is 0 Å². The molecule has 1 aliphatic rings. The van der Waals surface area contributed by atoms with Crippen molar-refractivity contribution < 1.29 is 9.15 Å². The van der Waals surface area contributed by atoms with Crippen molar-refractivity contribution in [3.8, 4) is 0 Å². The number of aromatic nitrogens is 2. The summed E-state index contributed by atoms with van der Waals surface area (Å²) >= 11 is 0. The van der Waals surface area contributed by atoms with Crippen molar-refractivity contribution in [1.82, 2.24) is 9.97 Å². The normalized spacial score (nSPS) is 20.5. The number of nitrogens with two attached hydrogens (primary N) is 2. The molecule has 0 saturated carbocycles. The van der Waals surface area contributed by atoms with Crippen LogP contribution in [0.3, 0.4) is 0 Å². The zero-order valence-electron chi connectivity index (χ0n) is 12.8. The Bertz CT molecular complexity index is 660.